The van der Waals surface area contributed by atoms with Gasteiger partial charge >= 0.3 is 0 Å². The first-order valence-corrected chi connectivity index (χ1v) is 6.19. The van der Waals surface area contributed by atoms with Crippen LogP contribution in [0.5, 0.6) is 0 Å². The van der Waals surface area contributed by atoms with Crippen LogP contribution in [-0.2, 0) is 0 Å². The molecule has 2 rings (SSSR count). The van der Waals surface area contributed by atoms with Crippen LogP contribution in [0.25, 0.3) is 0 Å². The minimum atomic E-state index is -0.972. The van der Waals surface area contributed by atoms with Crippen molar-refractivity contribution < 1.29 is 4.79 Å². The van der Waals surface area contributed by atoms with E-state index in [0.717, 1.165) is 0 Å². The fourth-order valence-electron chi connectivity index (χ4n) is 1.65. The summed E-state index contributed by atoms with van der Waals surface area (Å²) < 4.78 is 0. The predicted octanol–water partition coefficient (Wildman–Crippen LogP) is 3.88. The number of aromatic nitrogens is 1. The molecule has 0 aliphatic carbocycles. The number of hydrogen-bond acceptors (Lipinski definition) is 3. The number of benzene rings is 1. The standard InChI is InChI=1S/C14H8Cl2N2O/c15-9-4-5-10(12(16)7-9)14(19)11(8-17)13-3-1-2-6-18-13/h1-7,11H. The van der Waals surface area contributed by atoms with Crippen molar-refractivity contribution in [3.8, 4) is 6.07 Å². The van der Waals surface area contributed by atoms with E-state index in [9.17, 15) is 10.1 Å². The molecule has 1 atom stereocenters. The summed E-state index contributed by atoms with van der Waals surface area (Å²) in [6.07, 6.45) is 1.54. The Balaban J connectivity index is 2.40. The highest BCUT2D eigenvalue weighted by Crippen LogP contribution is 2.26. The van der Waals surface area contributed by atoms with Gasteiger partial charge in [-0.3, -0.25) is 9.78 Å². The van der Waals surface area contributed by atoms with Crippen LogP contribution in [0.4, 0.5) is 0 Å². The van der Waals surface area contributed by atoms with Crippen molar-refractivity contribution in [1.29, 1.82) is 5.26 Å². The second-order valence-corrected chi connectivity index (χ2v) is 4.65. The van der Waals surface area contributed by atoms with Crippen molar-refractivity contribution in [1.82, 2.24) is 4.98 Å². The molecule has 2 aromatic rings. The molecule has 0 spiro atoms. The molecule has 0 bridgehead atoms. The molecule has 0 aliphatic heterocycles. The molecule has 0 saturated heterocycles. The zero-order valence-electron chi connectivity index (χ0n) is 9.68. The molecule has 0 amide bonds. The molecule has 1 unspecified atom stereocenters. The molecular formula is C14H8Cl2N2O. The Labute approximate surface area is 120 Å². The molecule has 0 fully saturated rings. The zero-order chi connectivity index (χ0) is 13.8. The number of rotatable bonds is 3. The van der Waals surface area contributed by atoms with Crippen LogP contribution < -0.4 is 0 Å². The third kappa shape index (κ3) is 2.93. The molecule has 19 heavy (non-hydrogen) atoms. The number of carbonyl (C=O) groups excluding carboxylic acids is 1. The Hall–Kier alpha value is -1.89. The summed E-state index contributed by atoms with van der Waals surface area (Å²) >= 11 is 11.8. The van der Waals surface area contributed by atoms with Gasteiger partial charge in [-0.2, -0.15) is 5.26 Å². The van der Waals surface area contributed by atoms with E-state index in [-0.39, 0.29) is 16.4 Å². The maximum atomic E-state index is 12.3. The molecule has 0 N–H and O–H groups in total. The maximum Gasteiger partial charge on any atom is 0.187 e. The Kier molecular flexibility index (Phi) is 4.16. The second kappa shape index (κ2) is 5.83. The van der Waals surface area contributed by atoms with E-state index in [2.05, 4.69) is 4.98 Å². The fourth-order valence-corrected chi connectivity index (χ4v) is 2.15. The van der Waals surface area contributed by atoms with Crippen LogP contribution in [0.1, 0.15) is 22.0 Å². The molecule has 1 heterocycles. The molecule has 1 aromatic carbocycles. The lowest BCUT2D eigenvalue weighted by Gasteiger charge is -2.09. The minimum Gasteiger partial charge on any atom is -0.292 e. The number of carbonyl (C=O) groups is 1. The van der Waals surface area contributed by atoms with Crippen LogP contribution in [0.2, 0.25) is 10.0 Å². The molecule has 0 radical (unpaired) electrons. The van der Waals surface area contributed by atoms with Gasteiger partial charge in [0.05, 0.1) is 16.8 Å². The Morgan fingerprint density at radius 3 is 2.63 bits per heavy atom. The lowest BCUT2D eigenvalue weighted by molar-refractivity contribution is 0.0978. The fraction of sp³-hybridized carbons (Fsp3) is 0.0714. The van der Waals surface area contributed by atoms with Crippen LogP contribution >= 0.6 is 23.2 Å². The van der Waals surface area contributed by atoms with Crippen LogP contribution in [-0.4, -0.2) is 10.8 Å². The normalized spacial score (nSPS) is 11.6. The topological polar surface area (TPSA) is 53.8 Å². The summed E-state index contributed by atoms with van der Waals surface area (Å²) in [7, 11) is 0. The predicted molar refractivity (Wildman–Crippen MR) is 73.4 cm³/mol. The Morgan fingerprint density at radius 2 is 2.05 bits per heavy atom. The zero-order valence-corrected chi connectivity index (χ0v) is 11.2. The summed E-state index contributed by atoms with van der Waals surface area (Å²) in [5.74, 6) is -1.36. The van der Waals surface area contributed by atoms with E-state index < -0.39 is 5.92 Å². The average Bonchev–Trinajstić information content (AvgIpc) is 2.40. The summed E-state index contributed by atoms with van der Waals surface area (Å²) in [4.78, 5) is 16.3. The van der Waals surface area contributed by atoms with Crippen LogP contribution in [0.15, 0.2) is 42.6 Å². The van der Waals surface area contributed by atoms with Gasteiger partial charge in [-0.25, -0.2) is 0 Å². The van der Waals surface area contributed by atoms with E-state index in [0.29, 0.717) is 10.7 Å². The number of nitrogens with zero attached hydrogens (tertiary/aromatic N) is 2. The largest absolute Gasteiger partial charge is 0.292 e. The van der Waals surface area contributed by atoms with Crippen molar-refractivity contribution in [2.75, 3.05) is 0 Å². The first-order valence-electron chi connectivity index (χ1n) is 5.43. The molecule has 5 heteroatoms. The van der Waals surface area contributed by atoms with E-state index in [1.807, 2.05) is 6.07 Å². The number of halogens is 2. The van der Waals surface area contributed by atoms with Crippen LogP contribution in [0.3, 0.4) is 0 Å². The van der Waals surface area contributed by atoms with Gasteiger partial charge in [0.25, 0.3) is 0 Å². The molecular weight excluding hydrogens is 283 g/mol. The minimum absolute atomic E-state index is 0.230. The van der Waals surface area contributed by atoms with E-state index in [4.69, 9.17) is 23.2 Å². The molecule has 94 valence electrons. The lowest BCUT2D eigenvalue weighted by atomic mass is 9.95. The first kappa shape index (κ1) is 13.5. The summed E-state index contributed by atoms with van der Waals surface area (Å²) in [6, 6.07) is 11.6. The van der Waals surface area contributed by atoms with E-state index in [1.54, 1.807) is 24.3 Å². The first-order chi connectivity index (χ1) is 9.13. The van der Waals surface area contributed by atoms with Gasteiger partial charge in [0.2, 0.25) is 0 Å². The Bertz CT molecular complexity index is 650. The Morgan fingerprint density at radius 1 is 1.26 bits per heavy atom. The van der Waals surface area contributed by atoms with Gasteiger partial charge in [0, 0.05) is 16.8 Å². The molecule has 0 aliphatic rings. The second-order valence-electron chi connectivity index (χ2n) is 3.81. The third-order valence-corrected chi connectivity index (χ3v) is 3.12. The van der Waals surface area contributed by atoms with E-state index >= 15 is 0 Å². The van der Waals surface area contributed by atoms with Gasteiger partial charge in [-0.05, 0) is 30.3 Å². The molecule has 1 aromatic heterocycles. The average molecular weight is 291 g/mol. The number of ketones is 1. The SMILES string of the molecule is N#CC(C(=O)c1ccc(Cl)cc1Cl)c1ccccn1. The van der Waals surface area contributed by atoms with Crippen molar-refractivity contribution in [2.45, 2.75) is 5.92 Å². The monoisotopic (exact) mass is 290 g/mol. The lowest BCUT2D eigenvalue weighted by Crippen LogP contribution is -2.13. The van der Waals surface area contributed by atoms with Crippen molar-refractivity contribution >= 4 is 29.0 Å². The van der Waals surface area contributed by atoms with Crippen molar-refractivity contribution in [2.24, 2.45) is 0 Å². The number of hydrogen-bond donors (Lipinski definition) is 0. The third-order valence-electron chi connectivity index (χ3n) is 2.57. The number of pyridine rings is 1. The van der Waals surface area contributed by atoms with Crippen LogP contribution in [0, 0.1) is 11.3 Å². The smallest absolute Gasteiger partial charge is 0.187 e. The summed E-state index contributed by atoms with van der Waals surface area (Å²) in [6.45, 7) is 0. The van der Waals surface area contributed by atoms with E-state index in [1.165, 1.54) is 18.3 Å². The summed E-state index contributed by atoms with van der Waals surface area (Å²) in [5.41, 5.74) is 0.671. The highest BCUT2D eigenvalue weighted by atomic mass is 35.5. The van der Waals surface area contributed by atoms with Gasteiger partial charge in [0.1, 0.15) is 0 Å². The number of nitriles is 1. The van der Waals surface area contributed by atoms with Gasteiger partial charge < -0.3 is 0 Å². The van der Waals surface area contributed by atoms with Gasteiger partial charge in [-0.15, -0.1) is 0 Å². The molecule has 0 saturated carbocycles. The number of Topliss-reactive ketones (excluding diaryl/α,β-unsaturated/α-hetero) is 1. The highest BCUT2D eigenvalue weighted by Gasteiger charge is 2.24. The quantitative estimate of drug-likeness (QED) is 0.806. The van der Waals surface area contributed by atoms with Gasteiger partial charge in [-0.1, -0.05) is 29.3 Å². The molecule has 3 nitrogen and oxygen atoms in total. The highest BCUT2D eigenvalue weighted by molar-refractivity contribution is 6.37. The van der Waals surface area contributed by atoms with Gasteiger partial charge in [0.15, 0.2) is 11.7 Å². The van der Waals surface area contributed by atoms with Crippen molar-refractivity contribution in [3.05, 3.63) is 63.9 Å². The van der Waals surface area contributed by atoms with Crippen molar-refractivity contribution in [3.63, 3.8) is 0 Å². The summed E-state index contributed by atoms with van der Waals surface area (Å²) in [5, 5.41) is 9.84. The maximum absolute atomic E-state index is 12.3.